The quantitative estimate of drug-likeness (QED) is 0.307. The Bertz CT molecular complexity index is 1340. The SMILES string of the molecule is Cc1[nH]nc(-c2ccccc2)c1-c1ccon1.Cc1[nH]nc(-c2ccccc2)c1-c1ccsn1. The smallest absolute Gasteiger partial charge is 0.124 e. The average molecular weight is 467 g/mol. The summed E-state index contributed by atoms with van der Waals surface area (Å²) in [6, 6.07) is 24.0. The predicted octanol–water partition coefficient (Wildman–Crippen LogP) is 6.55. The lowest BCUT2D eigenvalue weighted by Gasteiger charge is -2.00. The van der Waals surface area contributed by atoms with E-state index >= 15 is 0 Å². The van der Waals surface area contributed by atoms with Crippen LogP contribution in [0.2, 0.25) is 0 Å². The fourth-order valence-electron chi connectivity index (χ4n) is 3.78. The third-order valence-electron chi connectivity index (χ3n) is 5.38. The number of nitrogens with one attached hydrogen (secondary N) is 2. The van der Waals surface area contributed by atoms with E-state index in [-0.39, 0.29) is 0 Å². The third kappa shape index (κ3) is 4.31. The highest BCUT2D eigenvalue weighted by atomic mass is 32.1. The molecule has 0 aliphatic rings. The summed E-state index contributed by atoms with van der Waals surface area (Å²) in [5.41, 5.74) is 9.95. The molecular formula is C26H22N6OS. The number of nitrogens with zero attached hydrogens (tertiary/aromatic N) is 4. The lowest BCUT2D eigenvalue weighted by molar-refractivity contribution is 0.422. The number of hydrogen-bond acceptors (Lipinski definition) is 6. The summed E-state index contributed by atoms with van der Waals surface area (Å²) in [4.78, 5) is 0. The van der Waals surface area contributed by atoms with E-state index in [0.717, 1.165) is 56.4 Å². The zero-order valence-corrected chi connectivity index (χ0v) is 19.5. The molecule has 0 unspecified atom stereocenters. The molecule has 8 heteroatoms. The largest absolute Gasteiger partial charge is 0.364 e. The second-order valence-electron chi connectivity index (χ2n) is 7.65. The molecular weight excluding hydrogens is 444 g/mol. The van der Waals surface area contributed by atoms with Gasteiger partial charge in [0, 0.05) is 39.5 Å². The van der Waals surface area contributed by atoms with Crippen LogP contribution in [0.1, 0.15) is 11.4 Å². The molecule has 0 aliphatic heterocycles. The highest BCUT2D eigenvalue weighted by Crippen LogP contribution is 2.33. The van der Waals surface area contributed by atoms with Crippen molar-refractivity contribution in [2.45, 2.75) is 13.8 Å². The van der Waals surface area contributed by atoms with Crippen LogP contribution in [0, 0.1) is 13.8 Å². The molecule has 2 aromatic carbocycles. The Morgan fingerprint density at radius 2 is 1.24 bits per heavy atom. The molecule has 2 N–H and O–H groups in total. The summed E-state index contributed by atoms with van der Waals surface area (Å²) in [7, 11) is 0. The van der Waals surface area contributed by atoms with E-state index in [9.17, 15) is 0 Å². The minimum atomic E-state index is 0.801. The van der Waals surface area contributed by atoms with Crippen LogP contribution < -0.4 is 0 Å². The zero-order chi connectivity index (χ0) is 23.3. The third-order valence-corrected chi connectivity index (χ3v) is 5.94. The lowest BCUT2D eigenvalue weighted by atomic mass is 10.0. The molecule has 4 aromatic heterocycles. The van der Waals surface area contributed by atoms with E-state index in [1.54, 1.807) is 6.26 Å². The standard InChI is InChI=1S/C13H11N3O.C13H11N3S/c2*1-9-12(11-7-8-17-16-11)13(15-14-9)10-5-3-2-4-6-10/h2*2-8H,1H3,(H,14,15). The van der Waals surface area contributed by atoms with Gasteiger partial charge in [0.05, 0.1) is 11.3 Å². The van der Waals surface area contributed by atoms with Crippen molar-refractivity contribution in [2.75, 3.05) is 0 Å². The van der Waals surface area contributed by atoms with Gasteiger partial charge in [-0.2, -0.15) is 14.6 Å². The van der Waals surface area contributed by atoms with E-state index in [1.165, 1.54) is 11.5 Å². The Morgan fingerprint density at radius 1 is 0.676 bits per heavy atom. The molecule has 0 aliphatic carbocycles. The molecule has 7 nitrogen and oxygen atoms in total. The summed E-state index contributed by atoms with van der Waals surface area (Å²) in [5.74, 6) is 0. The summed E-state index contributed by atoms with van der Waals surface area (Å²) < 4.78 is 9.28. The van der Waals surface area contributed by atoms with Crippen molar-refractivity contribution in [3.8, 4) is 45.0 Å². The summed E-state index contributed by atoms with van der Waals surface area (Å²) in [6.45, 7) is 4.00. The summed E-state index contributed by atoms with van der Waals surface area (Å²) >= 11 is 1.46. The zero-order valence-electron chi connectivity index (χ0n) is 18.7. The van der Waals surface area contributed by atoms with Crippen molar-refractivity contribution >= 4 is 11.5 Å². The molecule has 0 spiro atoms. The maximum absolute atomic E-state index is 4.89. The van der Waals surface area contributed by atoms with Gasteiger partial charge >= 0.3 is 0 Å². The number of rotatable bonds is 4. The van der Waals surface area contributed by atoms with Crippen LogP contribution in [-0.4, -0.2) is 29.9 Å². The predicted molar refractivity (Wildman–Crippen MR) is 134 cm³/mol. The number of aromatic nitrogens is 6. The first-order chi connectivity index (χ1) is 16.7. The summed E-state index contributed by atoms with van der Waals surface area (Å²) in [6.07, 6.45) is 1.57. The molecule has 0 bridgehead atoms. The van der Waals surface area contributed by atoms with Crippen molar-refractivity contribution in [3.05, 3.63) is 95.8 Å². The number of aryl methyl sites for hydroxylation is 2. The monoisotopic (exact) mass is 466 g/mol. The molecule has 0 radical (unpaired) electrons. The number of H-pyrrole nitrogens is 2. The highest BCUT2D eigenvalue weighted by molar-refractivity contribution is 7.03. The lowest BCUT2D eigenvalue weighted by Crippen LogP contribution is -1.83. The first kappa shape index (κ1) is 21.5. The van der Waals surface area contributed by atoms with Crippen molar-refractivity contribution in [1.29, 1.82) is 0 Å². The van der Waals surface area contributed by atoms with Gasteiger partial charge in [0.15, 0.2) is 0 Å². The van der Waals surface area contributed by atoms with Gasteiger partial charge in [0.1, 0.15) is 23.3 Å². The average Bonchev–Trinajstić information content (AvgIpc) is 3.68. The Labute approximate surface area is 200 Å². The molecule has 0 fully saturated rings. The topological polar surface area (TPSA) is 96.3 Å². The van der Waals surface area contributed by atoms with Crippen molar-refractivity contribution < 1.29 is 4.52 Å². The molecule has 6 aromatic rings. The van der Waals surface area contributed by atoms with Gasteiger partial charge in [0.2, 0.25) is 0 Å². The molecule has 0 saturated heterocycles. The van der Waals surface area contributed by atoms with Crippen LogP contribution in [0.25, 0.3) is 45.0 Å². The van der Waals surface area contributed by atoms with Crippen LogP contribution in [0.5, 0.6) is 0 Å². The van der Waals surface area contributed by atoms with Crippen LogP contribution in [0.3, 0.4) is 0 Å². The van der Waals surface area contributed by atoms with Gasteiger partial charge in [-0.3, -0.25) is 10.2 Å². The molecule has 34 heavy (non-hydrogen) atoms. The Balaban J connectivity index is 0.000000142. The summed E-state index contributed by atoms with van der Waals surface area (Å²) in [5, 5.41) is 20.7. The maximum Gasteiger partial charge on any atom is 0.124 e. The number of hydrogen-bond donors (Lipinski definition) is 2. The maximum atomic E-state index is 4.89. The Morgan fingerprint density at radius 3 is 1.71 bits per heavy atom. The van der Waals surface area contributed by atoms with Crippen LogP contribution in [0.4, 0.5) is 0 Å². The molecule has 168 valence electrons. The van der Waals surface area contributed by atoms with E-state index in [1.807, 2.05) is 79.9 Å². The molecule has 4 heterocycles. The minimum Gasteiger partial charge on any atom is -0.364 e. The van der Waals surface area contributed by atoms with Gasteiger partial charge in [-0.15, -0.1) is 0 Å². The second-order valence-corrected chi connectivity index (χ2v) is 8.31. The van der Waals surface area contributed by atoms with Gasteiger partial charge in [-0.25, -0.2) is 0 Å². The van der Waals surface area contributed by atoms with Crippen LogP contribution in [-0.2, 0) is 0 Å². The van der Waals surface area contributed by atoms with Crippen molar-refractivity contribution in [2.24, 2.45) is 0 Å². The van der Waals surface area contributed by atoms with Crippen molar-refractivity contribution in [3.63, 3.8) is 0 Å². The van der Waals surface area contributed by atoms with Crippen LogP contribution in [0.15, 0.2) is 89.0 Å². The Kier molecular flexibility index (Phi) is 6.13. The van der Waals surface area contributed by atoms with E-state index in [0.29, 0.717) is 0 Å². The molecule has 0 amide bonds. The Hall–Kier alpha value is -4.30. The normalized spacial score (nSPS) is 10.6. The second kappa shape index (κ2) is 9.68. The van der Waals surface area contributed by atoms with Gasteiger partial charge < -0.3 is 4.52 Å². The van der Waals surface area contributed by atoms with Gasteiger partial charge in [0.25, 0.3) is 0 Å². The minimum absolute atomic E-state index is 0.801. The number of benzene rings is 2. The van der Waals surface area contributed by atoms with Gasteiger partial charge in [-0.1, -0.05) is 65.8 Å². The van der Waals surface area contributed by atoms with E-state index < -0.39 is 0 Å². The van der Waals surface area contributed by atoms with Crippen LogP contribution >= 0.6 is 11.5 Å². The molecule has 0 saturated carbocycles. The highest BCUT2D eigenvalue weighted by Gasteiger charge is 2.16. The first-order valence-electron chi connectivity index (χ1n) is 10.7. The van der Waals surface area contributed by atoms with E-state index in [4.69, 9.17) is 4.52 Å². The number of aromatic amines is 2. The fourth-order valence-corrected chi connectivity index (χ4v) is 4.29. The molecule has 0 atom stereocenters. The van der Waals surface area contributed by atoms with Crippen molar-refractivity contribution in [1.82, 2.24) is 29.9 Å². The van der Waals surface area contributed by atoms with E-state index in [2.05, 4.69) is 42.1 Å². The van der Waals surface area contributed by atoms with Gasteiger partial charge in [-0.05, 0) is 31.4 Å². The fraction of sp³-hybridized carbons (Fsp3) is 0.0769. The first-order valence-corrected chi connectivity index (χ1v) is 11.6. The molecule has 6 rings (SSSR count).